The van der Waals surface area contributed by atoms with Crippen LogP contribution >= 0.6 is 0 Å². The summed E-state index contributed by atoms with van der Waals surface area (Å²) in [5.41, 5.74) is 0.145. The van der Waals surface area contributed by atoms with E-state index in [1.807, 2.05) is 0 Å². The van der Waals surface area contributed by atoms with Gasteiger partial charge in [-0.3, -0.25) is 0 Å². The van der Waals surface area contributed by atoms with Crippen molar-refractivity contribution in [2.24, 2.45) is 0 Å². The summed E-state index contributed by atoms with van der Waals surface area (Å²) in [6.45, 7) is 11.5. The van der Waals surface area contributed by atoms with Crippen molar-refractivity contribution in [3.63, 3.8) is 0 Å². The van der Waals surface area contributed by atoms with Crippen LogP contribution in [0.1, 0.15) is 52.9 Å². The zero-order valence-electron chi connectivity index (χ0n) is 11.4. The van der Waals surface area contributed by atoms with E-state index in [-0.39, 0.29) is 10.6 Å². The predicted octanol–water partition coefficient (Wildman–Crippen LogP) is 3.91. The molecule has 1 fully saturated rings. The summed E-state index contributed by atoms with van der Waals surface area (Å²) in [6.07, 6.45) is 6.14. The number of aldehydes is 1. The number of hydrogen-bond acceptors (Lipinski definition) is 2. The molecular formula is C13H26O2Si. The summed E-state index contributed by atoms with van der Waals surface area (Å²) in [7, 11) is -1.63. The van der Waals surface area contributed by atoms with Crippen LogP contribution in [0.5, 0.6) is 0 Å². The third kappa shape index (κ3) is 3.42. The maximum absolute atomic E-state index is 10.3. The molecule has 0 aromatic heterocycles. The van der Waals surface area contributed by atoms with Gasteiger partial charge in [-0.1, -0.05) is 20.8 Å². The van der Waals surface area contributed by atoms with Gasteiger partial charge in [-0.2, -0.15) is 0 Å². The first-order valence-corrected chi connectivity index (χ1v) is 9.27. The van der Waals surface area contributed by atoms with Crippen LogP contribution in [0.3, 0.4) is 0 Å². The molecule has 2 nitrogen and oxygen atoms in total. The van der Waals surface area contributed by atoms with E-state index in [2.05, 4.69) is 33.9 Å². The number of carbonyl (C=O) groups is 1. The van der Waals surface area contributed by atoms with Crippen LogP contribution in [0.4, 0.5) is 0 Å². The average molecular weight is 242 g/mol. The highest BCUT2D eigenvalue weighted by atomic mass is 28.4. The molecule has 0 bridgehead atoms. The van der Waals surface area contributed by atoms with Crippen molar-refractivity contribution in [2.45, 2.75) is 76.6 Å². The summed E-state index contributed by atoms with van der Waals surface area (Å²) >= 11 is 0. The van der Waals surface area contributed by atoms with Gasteiger partial charge in [-0.15, -0.1) is 0 Å². The van der Waals surface area contributed by atoms with Gasteiger partial charge in [0.25, 0.3) is 0 Å². The fraction of sp³-hybridized carbons (Fsp3) is 0.923. The van der Waals surface area contributed by atoms with E-state index >= 15 is 0 Å². The molecule has 0 atom stereocenters. The Labute approximate surface area is 101 Å². The molecule has 3 heteroatoms. The molecule has 16 heavy (non-hydrogen) atoms. The quantitative estimate of drug-likeness (QED) is 0.401. The summed E-state index contributed by atoms with van der Waals surface area (Å²) in [5, 5.41) is 0.285. The maximum Gasteiger partial charge on any atom is 0.192 e. The van der Waals surface area contributed by atoms with Crippen molar-refractivity contribution in [2.75, 3.05) is 0 Å². The fourth-order valence-electron chi connectivity index (χ4n) is 1.74. The Morgan fingerprint density at radius 1 is 1.31 bits per heavy atom. The number of unbranched alkanes of at least 4 members (excludes halogenated alkanes) is 1. The van der Waals surface area contributed by atoms with Gasteiger partial charge < -0.3 is 9.22 Å². The fourth-order valence-corrected chi connectivity index (χ4v) is 3.44. The highest BCUT2D eigenvalue weighted by Gasteiger charge is 2.50. The Bertz CT molecular complexity index is 249. The molecule has 1 aliphatic rings. The molecule has 0 aliphatic heterocycles. The van der Waals surface area contributed by atoms with Crippen LogP contribution in [0, 0.1) is 0 Å². The van der Waals surface area contributed by atoms with Crippen molar-refractivity contribution in [1.29, 1.82) is 0 Å². The van der Waals surface area contributed by atoms with Gasteiger partial charge in [0.1, 0.15) is 6.29 Å². The summed E-state index contributed by atoms with van der Waals surface area (Å²) in [6, 6.07) is 0. The molecule has 0 radical (unpaired) electrons. The van der Waals surface area contributed by atoms with Crippen molar-refractivity contribution in [1.82, 2.24) is 0 Å². The minimum atomic E-state index is -1.63. The Kier molecular flexibility index (Phi) is 4.01. The lowest BCUT2D eigenvalue weighted by Crippen LogP contribution is -2.44. The summed E-state index contributed by atoms with van der Waals surface area (Å²) in [5.74, 6) is 0. The number of carbonyl (C=O) groups excluding carboxylic acids is 1. The minimum Gasteiger partial charge on any atom is -0.411 e. The van der Waals surface area contributed by atoms with Crippen molar-refractivity contribution >= 4 is 14.6 Å². The Balaban J connectivity index is 2.50. The Morgan fingerprint density at radius 3 is 2.25 bits per heavy atom. The highest BCUT2D eigenvalue weighted by molar-refractivity contribution is 6.74. The molecule has 1 aliphatic carbocycles. The lowest BCUT2D eigenvalue weighted by atomic mass is 10.1. The zero-order chi connectivity index (χ0) is 12.4. The summed E-state index contributed by atoms with van der Waals surface area (Å²) < 4.78 is 6.47. The highest BCUT2D eigenvalue weighted by Crippen LogP contribution is 2.50. The third-order valence-electron chi connectivity index (χ3n) is 4.04. The second-order valence-electron chi connectivity index (χ2n) is 6.60. The van der Waals surface area contributed by atoms with Crippen molar-refractivity contribution in [3.8, 4) is 0 Å². The zero-order valence-corrected chi connectivity index (χ0v) is 12.4. The van der Waals surface area contributed by atoms with Crippen LogP contribution < -0.4 is 0 Å². The standard InChI is InChI=1S/C13H26O2Si/c1-12(2,3)16(4,5)15-13(9-10-13)8-6-7-11-14/h11H,6-10H2,1-5H3. The first-order valence-electron chi connectivity index (χ1n) is 6.36. The van der Waals surface area contributed by atoms with Crippen LogP contribution in [-0.2, 0) is 9.22 Å². The third-order valence-corrected chi connectivity index (χ3v) is 8.60. The summed E-state index contributed by atoms with van der Waals surface area (Å²) in [4.78, 5) is 10.3. The Morgan fingerprint density at radius 2 is 1.88 bits per heavy atom. The second-order valence-corrected chi connectivity index (χ2v) is 11.3. The van der Waals surface area contributed by atoms with Crippen LogP contribution in [0.15, 0.2) is 0 Å². The molecule has 0 unspecified atom stereocenters. The lowest BCUT2D eigenvalue weighted by Gasteiger charge is -2.39. The van der Waals surface area contributed by atoms with Gasteiger partial charge >= 0.3 is 0 Å². The maximum atomic E-state index is 10.3. The molecule has 94 valence electrons. The largest absolute Gasteiger partial charge is 0.411 e. The molecule has 1 rings (SSSR count). The second kappa shape index (κ2) is 4.61. The van der Waals surface area contributed by atoms with Crippen molar-refractivity contribution < 1.29 is 9.22 Å². The van der Waals surface area contributed by atoms with E-state index in [4.69, 9.17) is 4.43 Å². The molecule has 0 saturated heterocycles. The molecule has 0 aromatic carbocycles. The van der Waals surface area contributed by atoms with Gasteiger partial charge in [0.2, 0.25) is 0 Å². The van der Waals surface area contributed by atoms with E-state index in [0.717, 1.165) is 19.1 Å². The smallest absolute Gasteiger partial charge is 0.192 e. The monoisotopic (exact) mass is 242 g/mol. The van der Waals surface area contributed by atoms with E-state index in [0.29, 0.717) is 6.42 Å². The van der Waals surface area contributed by atoms with Gasteiger partial charge in [0, 0.05) is 6.42 Å². The SMILES string of the molecule is CC(C)(C)[Si](C)(C)OC1(CCCC=O)CC1. The molecular weight excluding hydrogens is 216 g/mol. The van der Waals surface area contributed by atoms with Crippen LogP contribution in [-0.4, -0.2) is 20.2 Å². The van der Waals surface area contributed by atoms with Crippen LogP contribution in [0.25, 0.3) is 0 Å². The van der Waals surface area contributed by atoms with E-state index in [1.54, 1.807) is 0 Å². The first-order chi connectivity index (χ1) is 7.22. The Hall–Kier alpha value is -0.153. The minimum absolute atomic E-state index is 0.145. The normalized spacial score (nSPS) is 19.6. The van der Waals surface area contributed by atoms with Gasteiger partial charge in [0.15, 0.2) is 8.32 Å². The van der Waals surface area contributed by atoms with Gasteiger partial charge in [-0.25, -0.2) is 0 Å². The number of rotatable bonds is 6. The van der Waals surface area contributed by atoms with Crippen molar-refractivity contribution in [3.05, 3.63) is 0 Å². The molecule has 0 aromatic rings. The average Bonchev–Trinajstić information content (AvgIpc) is 2.83. The lowest BCUT2D eigenvalue weighted by molar-refractivity contribution is -0.108. The van der Waals surface area contributed by atoms with Gasteiger partial charge in [0.05, 0.1) is 5.60 Å². The van der Waals surface area contributed by atoms with E-state index < -0.39 is 8.32 Å². The number of hydrogen-bond donors (Lipinski definition) is 0. The topological polar surface area (TPSA) is 26.3 Å². The molecule has 0 amide bonds. The molecule has 0 heterocycles. The van der Waals surface area contributed by atoms with E-state index in [1.165, 1.54) is 12.8 Å². The van der Waals surface area contributed by atoms with E-state index in [9.17, 15) is 4.79 Å². The van der Waals surface area contributed by atoms with Crippen LogP contribution in [0.2, 0.25) is 18.1 Å². The molecule has 0 spiro atoms. The molecule has 1 saturated carbocycles. The van der Waals surface area contributed by atoms with Gasteiger partial charge in [-0.05, 0) is 43.8 Å². The first kappa shape index (κ1) is 13.9. The molecule has 0 N–H and O–H groups in total. The predicted molar refractivity (Wildman–Crippen MR) is 70.2 cm³/mol.